The molecule has 21 heavy (non-hydrogen) atoms. The summed E-state index contributed by atoms with van der Waals surface area (Å²) in [4.78, 5) is 18.7. The van der Waals surface area contributed by atoms with Crippen LogP contribution in [0.5, 0.6) is 0 Å². The summed E-state index contributed by atoms with van der Waals surface area (Å²) < 4.78 is 0. The SMILES string of the molecule is CC(C)(C)c1ccc(CNc2cncnc2C(=O)O)cc1. The number of nitrogens with zero attached hydrogens (tertiary/aromatic N) is 2. The number of carboxylic acids is 1. The van der Waals surface area contributed by atoms with Crippen LogP contribution in [-0.4, -0.2) is 21.0 Å². The molecule has 1 aromatic heterocycles. The normalized spacial score (nSPS) is 11.2. The van der Waals surface area contributed by atoms with Crippen LogP contribution in [0.25, 0.3) is 0 Å². The standard InChI is InChI=1S/C16H19N3O2/c1-16(2,3)12-6-4-11(5-7-12)8-18-13-9-17-10-19-14(13)15(20)21/h4-7,9-10,18H,8H2,1-3H3,(H,20,21). The van der Waals surface area contributed by atoms with E-state index in [-0.39, 0.29) is 11.1 Å². The Bertz CT molecular complexity index is 631. The van der Waals surface area contributed by atoms with Gasteiger partial charge in [0.15, 0.2) is 5.69 Å². The number of aromatic carboxylic acids is 1. The first-order valence-corrected chi connectivity index (χ1v) is 6.74. The third-order valence-corrected chi connectivity index (χ3v) is 3.22. The molecule has 0 aliphatic carbocycles. The van der Waals surface area contributed by atoms with Gasteiger partial charge < -0.3 is 10.4 Å². The molecule has 0 aliphatic heterocycles. The van der Waals surface area contributed by atoms with Gasteiger partial charge in [0.25, 0.3) is 0 Å². The van der Waals surface area contributed by atoms with Crippen molar-refractivity contribution in [3.8, 4) is 0 Å². The van der Waals surface area contributed by atoms with Crippen molar-refractivity contribution in [2.45, 2.75) is 32.7 Å². The zero-order chi connectivity index (χ0) is 15.5. The van der Waals surface area contributed by atoms with Gasteiger partial charge in [0.2, 0.25) is 0 Å². The van der Waals surface area contributed by atoms with Gasteiger partial charge in [0.05, 0.1) is 11.9 Å². The summed E-state index contributed by atoms with van der Waals surface area (Å²) in [5.41, 5.74) is 2.86. The summed E-state index contributed by atoms with van der Waals surface area (Å²) in [7, 11) is 0. The predicted molar refractivity (Wildman–Crippen MR) is 81.5 cm³/mol. The number of nitrogens with one attached hydrogen (secondary N) is 1. The van der Waals surface area contributed by atoms with E-state index < -0.39 is 5.97 Å². The molecule has 2 aromatic rings. The van der Waals surface area contributed by atoms with E-state index in [2.05, 4.69) is 48.2 Å². The van der Waals surface area contributed by atoms with Crippen molar-refractivity contribution < 1.29 is 9.90 Å². The lowest BCUT2D eigenvalue weighted by Crippen LogP contribution is -2.11. The third-order valence-electron chi connectivity index (χ3n) is 3.22. The molecule has 2 rings (SSSR count). The Kier molecular flexibility index (Phi) is 4.21. The van der Waals surface area contributed by atoms with E-state index in [1.54, 1.807) is 0 Å². The molecule has 5 heteroatoms. The smallest absolute Gasteiger partial charge is 0.356 e. The lowest BCUT2D eigenvalue weighted by atomic mass is 9.87. The van der Waals surface area contributed by atoms with E-state index in [1.165, 1.54) is 18.1 Å². The van der Waals surface area contributed by atoms with Gasteiger partial charge in [0, 0.05) is 6.54 Å². The van der Waals surface area contributed by atoms with Crippen molar-refractivity contribution in [3.05, 3.63) is 53.6 Å². The second-order valence-corrected chi connectivity index (χ2v) is 5.89. The monoisotopic (exact) mass is 285 g/mol. The number of carbonyl (C=O) groups is 1. The first kappa shape index (κ1) is 15.0. The molecular formula is C16H19N3O2. The molecule has 0 spiro atoms. The summed E-state index contributed by atoms with van der Waals surface area (Å²) >= 11 is 0. The van der Waals surface area contributed by atoms with E-state index in [4.69, 9.17) is 5.11 Å². The topological polar surface area (TPSA) is 75.1 Å². The first-order chi connectivity index (χ1) is 9.88. The molecular weight excluding hydrogens is 266 g/mol. The number of rotatable bonds is 4. The van der Waals surface area contributed by atoms with Crippen LogP contribution in [-0.2, 0) is 12.0 Å². The molecule has 0 aliphatic rings. The Labute approximate surface area is 124 Å². The zero-order valence-corrected chi connectivity index (χ0v) is 12.4. The van der Waals surface area contributed by atoms with Crippen molar-refractivity contribution in [1.82, 2.24) is 9.97 Å². The quantitative estimate of drug-likeness (QED) is 0.903. The molecule has 1 aromatic carbocycles. The van der Waals surface area contributed by atoms with E-state index in [0.29, 0.717) is 12.2 Å². The Morgan fingerprint density at radius 2 is 1.90 bits per heavy atom. The van der Waals surface area contributed by atoms with Crippen molar-refractivity contribution in [1.29, 1.82) is 0 Å². The molecule has 0 bridgehead atoms. The van der Waals surface area contributed by atoms with Crippen molar-refractivity contribution in [3.63, 3.8) is 0 Å². The summed E-state index contributed by atoms with van der Waals surface area (Å²) in [6.07, 6.45) is 2.70. The van der Waals surface area contributed by atoms with Crippen molar-refractivity contribution in [2.24, 2.45) is 0 Å². The van der Waals surface area contributed by atoms with Gasteiger partial charge in [0.1, 0.15) is 6.33 Å². The molecule has 0 saturated heterocycles. The second kappa shape index (κ2) is 5.91. The second-order valence-electron chi connectivity index (χ2n) is 5.89. The van der Waals surface area contributed by atoms with Crippen LogP contribution >= 0.6 is 0 Å². The van der Waals surface area contributed by atoms with Gasteiger partial charge >= 0.3 is 5.97 Å². The highest BCUT2D eigenvalue weighted by molar-refractivity contribution is 5.91. The third kappa shape index (κ3) is 3.78. The molecule has 0 atom stereocenters. The van der Waals surface area contributed by atoms with Gasteiger partial charge in [-0.1, -0.05) is 45.0 Å². The lowest BCUT2D eigenvalue weighted by Gasteiger charge is -2.19. The summed E-state index contributed by atoms with van der Waals surface area (Å²) in [5.74, 6) is -1.07. The number of hydrogen-bond donors (Lipinski definition) is 2. The Morgan fingerprint density at radius 1 is 1.24 bits per heavy atom. The fraction of sp³-hybridized carbons (Fsp3) is 0.312. The fourth-order valence-corrected chi connectivity index (χ4v) is 1.95. The summed E-state index contributed by atoms with van der Waals surface area (Å²) in [5, 5.41) is 12.1. The van der Waals surface area contributed by atoms with Crippen LogP contribution < -0.4 is 5.32 Å². The van der Waals surface area contributed by atoms with Crippen LogP contribution in [0, 0.1) is 0 Å². The molecule has 0 amide bonds. The zero-order valence-electron chi connectivity index (χ0n) is 12.4. The number of carboxylic acid groups (broad SMARTS) is 1. The molecule has 1 heterocycles. The highest BCUT2D eigenvalue weighted by Crippen LogP contribution is 2.22. The van der Waals surface area contributed by atoms with Crippen LogP contribution in [0.3, 0.4) is 0 Å². The number of hydrogen-bond acceptors (Lipinski definition) is 4. The summed E-state index contributed by atoms with van der Waals surface area (Å²) in [6.45, 7) is 7.03. The maximum absolute atomic E-state index is 11.1. The van der Waals surface area contributed by atoms with Crippen LogP contribution in [0.15, 0.2) is 36.8 Å². The molecule has 2 N–H and O–H groups in total. The maximum Gasteiger partial charge on any atom is 0.356 e. The molecule has 0 unspecified atom stereocenters. The number of anilines is 1. The number of benzene rings is 1. The van der Waals surface area contributed by atoms with Gasteiger partial charge in [-0.3, -0.25) is 0 Å². The van der Waals surface area contributed by atoms with Gasteiger partial charge in [-0.15, -0.1) is 0 Å². The largest absolute Gasteiger partial charge is 0.476 e. The molecule has 0 radical (unpaired) electrons. The van der Waals surface area contributed by atoms with E-state index in [1.807, 2.05) is 12.1 Å². The average Bonchev–Trinajstić information content (AvgIpc) is 2.45. The lowest BCUT2D eigenvalue weighted by molar-refractivity contribution is 0.0691. The highest BCUT2D eigenvalue weighted by Gasteiger charge is 2.13. The van der Waals surface area contributed by atoms with Crippen LogP contribution in [0.1, 0.15) is 42.4 Å². The van der Waals surface area contributed by atoms with E-state index in [9.17, 15) is 4.79 Å². The average molecular weight is 285 g/mol. The van der Waals surface area contributed by atoms with Crippen molar-refractivity contribution in [2.75, 3.05) is 5.32 Å². The Balaban J connectivity index is 2.09. The minimum absolute atomic E-state index is 0.0173. The van der Waals surface area contributed by atoms with Gasteiger partial charge in [-0.05, 0) is 16.5 Å². The fourth-order valence-electron chi connectivity index (χ4n) is 1.95. The Morgan fingerprint density at radius 3 is 2.48 bits per heavy atom. The van der Waals surface area contributed by atoms with Gasteiger partial charge in [-0.25, -0.2) is 14.8 Å². The summed E-state index contributed by atoms with van der Waals surface area (Å²) in [6, 6.07) is 8.27. The first-order valence-electron chi connectivity index (χ1n) is 6.74. The minimum atomic E-state index is -1.07. The molecule has 110 valence electrons. The minimum Gasteiger partial charge on any atom is -0.476 e. The predicted octanol–water partition coefficient (Wildman–Crippen LogP) is 3.08. The Hall–Kier alpha value is -2.43. The van der Waals surface area contributed by atoms with E-state index >= 15 is 0 Å². The molecule has 0 fully saturated rings. The molecule has 0 saturated carbocycles. The highest BCUT2D eigenvalue weighted by atomic mass is 16.4. The maximum atomic E-state index is 11.1. The van der Waals surface area contributed by atoms with Crippen LogP contribution in [0.2, 0.25) is 0 Å². The van der Waals surface area contributed by atoms with Gasteiger partial charge in [-0.2, -0.15) is 0 Å². The number of aromatic nitrogens is 2. The van der Waals surface area contributed by atoms with Crippen LogP contribution in [0.4, 0.5) is 5.69 Å². The van der Waals surface area contributed by atoms with E-state index in [0.717, 1.165) is 5.56 Å². The molecule has 5 nitrogen and oxygen atoms in total. The van der Waals surface area contributed by atoms with Crippen molar-refractivity contribution >= 4 is 11.7 Å².